The fourth-order valence-electron chi connectivity index (χ4n) is 1.78. The maximum atomic E-state index is 9.45. The molecule has 1 aliphatic carbocycles. The standard InChI is InChI=1S/C8H17NO/c1-3-6-4-7(9-2)5-8(6)10/h6-10H,3-5H2,1-2H3/t6-,7?,8-/m1/s1. The molecule has 0 aromatic heterocycles. The fraction of sp³-hybridized carbons (Fsp3) is 1.00. The molecule has 0 saturated heterocycles. The summed E-state index contributed by atoms with van der Waals surface area (Å²) in [6.45, 7) is 2.14. The van der Waals surface area contributed by atoms with E-state index in [1.165, 1.54) is 0 Å². The number of rotatable bonds is 2. The van der Waals surface area contributed by atoms with Crippen molar-refractivity contribution < 1.29 is 5.11 Å². The highest BCUT2D eigenvalue weighted by Gasteiger charge is 2.30. The van der Waals surface area contributed by atoms with Gasteiger partial charge >= 0.3 is 0 Å². The predicted octanol–water partition coefficient (Wildman–Crippen LogP) is 0.755. The third kappa shape index (κ3) is 1.50. The van der Waals surface area contributed by atoms with Crippen molar-refractivity contribution in [2.24, 2.45) is 5.92 Å². The van der Waals surface area contributed by atoms with Crippen LogP contribution >= 0.6 is 0 Å². The molecule has 0 aliphatic heterocycles. The van der Waals surface area contributed by atoms with Crippen molar-refractivity contribution in [3.8, 4) is 0 Å². The molecule has 0 aromatic rings. The number of hydrogen-bond acceptors (Lipinski definition) is 2. The van der Waals surface area contributed by atoms with Gasteiger partial charge in [0.2, 0.25) is 0 Å². The Bertz CT molecular complexity index is 105. The van der Waals surface area contributed by atoms with E-state index >= 15 is 0 Å². The van der Waals surface area contributed by atoms with Crippen LogP contribution in [0.4, 0.5) is 0 Å². The van der Waals surface area contributed by atoms with E-state index in [2.05, 4.69) is 12.2 Å². The molecule has 1 fully saturated rings. The highest BCUT2D eigenvalue weighted by atomic mass is 16.3. The van der Waals surface area contributed by atoms with Gasteiger partial charge in [-0.25, -0.2) is 0 Å². The molecular weight excluding hydrogens is 126 g/mol. The lowest BCUT2D eigenvalue weighted by atomic mass is 10.0. The van der Waals surface area contributed by atoms with Crippen molar-refractivity contribution in [2.75, 3.05) is 7.05 Å². The zero-order chi connectivity index (χ0) is 7.56. The van der Waals surface area contributed by atoms with Crippen LogP contribution in [0.3, 0.4) is 0 Å². The topological polar surface area (TPSA) is 32.3 Å². The number of aliphatic hydroxyl groups is 1. The molecule has 0 spiro atoms. The van der Waals surface area contributed by atoms with Crippen molar-refractivity contribution in [2.45, 2.75) is 38.3 Å². The summed E-state index contributed by atoms with van der Waals surface area (Å²) in [6.07, 6.45) is 3.14. The molecule has 1 aliphatic rings. The summed E-state index contributed by atoms with van der Waals surface area (Å²) in [6, 6.07) is 0.556. The van der Waals surface area contributed by atoms with E-state index in [-0.39, 0.29) is 6.10 Å². The predicted molar refractivity (Wildman–Crippen MR) is 41.9 cm³/mol. The summed E-state index contributed by atoms with van der Waals surface area (Å²) in [5.41, 5.74) is 0. The molecule has 0 heterocycles. The summed E-state index contributed by atoms with van der Waals surface area (Å²) in [5, 5.41) is 12.6. The normalized spacial score (nSPS) is 40.5. The van der Waals surface area contributed by atoms with Crippen LogP contribution in [0.15, 0.2) is 0 Å². The SMILES string of the molecule is CC[C@@H]1CC(NC)C[C@H]1O. The van der Waals surface area contributed by atoms with E-state index in [0.717, 1.165) is 19.3 Å². The monoisotopic (exact) mass is 143 g/mol. The maximum absolute atomic E-state index is 9.45. The van der Waals surface area contributed by atoms with Crippen molar-refractivity contribution in [3.05, 3.63) is 0 Å². The van der Waals surface area contributed by atoms with Gasteiger partial charge in [0.05, 0.1) is 6.10 Å². The molecule has 1 unspecified atom stereocenters. The van der Waals surface area contributed by atoms with Crippen LogP contribution in [0, 0.1) is 5.92 Å². The quantitative estimate of drug-likeness (QED) is 0.598. The minimum atomic E-state index is -0.0533. The largest absolute Gasteiger partial charge is 0.393 e. The highest BCUT2D eigenvalue weighted by molar-refractivity contribution is 4.85. The lowest BCUT2D eigenvalue weighted by molar-refractivity contribution is 0.130. The van der Waals surface area contributed by atoms with Gasteiger partial charge in [-0.2, -0.15) is 0 Å². The molecule has 0 aromatic carbocycles. The smallest absolute Gasteiger partial charge is 0.0583 e. The van der Waals surface area contributed by atoms with Crippen LogP contribution < -0.4 is 5.32 Å². The van der Waals surface area contributed by atoms with Gasteiger partial charge < -0.3 is 10.4 Å². The van der Waals surface area contributed by atoms with Crippen molar-refractivity contribution >= 4 is 0 Å². The Morgan fingerprint density at radius 1 is 1.50 bits per heavy atom. The lowest BCUT2D eigenvalue weighted by Crippen LogP contribution is -2.21. The zero-order valence-corrected chi connectivity index (χ0v) is 6.80. The molecule has 0 amide bonds. The number of nitrogens with one attached hydrogen (secondary N) is 1. The first-order chi connectivity index (χ1) is 4.77. The Kier molecular flexibility index (Phi) is 2.69. The van der Waals surface area contributed by atoms with Crippen molar-refractivity contribution in [1.29, 1.82) is 0 Å². The van der Waals surface area contributed by atoms with E-state index < -0.39 is 0 Å². The molecule has 1 saturated carbocycles. The van der Waals surface area contributed by atoms with Crippen LogP contribution in [0.1, 0.15) is 26.2 Å². The van der Waals surface area contributed by atoms with E-state index in [4.69, 9.17) is 0 Å². The second-order valence-electron chi connectivity index (χ2n) is 3.19. The van der Waals surface area contributed by atoms with Crippen LogP contribution in [0.5, 0.6) is 0 Å². The van der Waals surface area contributed by atoms with E-state index in [1.54, 1.807) is 0 Å². The first-order valence-electron chi connectivity index (χ1n) is 4.13. The van der Waals surface area contributed by atoms with Gasteiger partial charge in [-0.1, -0.05) is 13.3 Å². The second kappa shape index (κ2) is 3.35. The lowest BCUT2D eigenvalue weighted by Gasteiger charge is -2.09. The molecule has 2 heteroatoms. The van der Waals surface area contributed by atoms with E-state index in [0.29, 0.717) is 12.0 Å². The van der Waals surface area contributed by atoms with Gasteiger partial charge in [0.15, 0.2) is 0 Å². The molecule has 2 N–H and O–H groups in total. The summed E-state index contributed by atoms with van der Waals surface area (Å²) in [5.74, 6) is 0.539. The molecule has 2 nitrogen and oxygen atoms in total. The Labute approximate surface area is 62.6 Å². The number of aliphatic hydroxyl groups excluding tert-OH is 1. The summed E-state index contributed by atoms with van der Waals surface area (Å²) in [4.78, 5) is 0. The Morgan fingerprint density at radius 3 is 2.50 bits per heavy atom. The van der Waals surface area contributed by atoms with E-state index in [1.807, 2.05) is 7.05 Å². The third-order valence-electron chi connectivity index (χ3n) is 2.59. The minimum absolute atomic E-state index is 0.0533. The van der Waals surface area contributed by atoms with Gasteiger partial charge in [0, 0.05) is 6.04 Å². The Morgan fingerprint density at radius 2 is 2.20 bits per heavy atom. The van der Waals surface area contributed by atoms with Gasteiger partial charge in [-0.05, 0) is 25.8 Å². The Balaban J connectivity index is 2.36. The average Bonchev–Trinajstić information content (AvgIpc) is 2.30. The van der Waals surface area contributed by atoms with Crippen LogP contribution in [-0.2, 0) is 0 Å². The van der Waals surface area contributed by atoms with Gasteiger partial charge in [0.25, 0.3) is 0 Å². The maximum Gasteiger partial charge on any atom is 0.0583 e. The fourth-order valence-corrected chi connectivity index (χ4v) is 1.78. The first kappa shape index (κ1) is 8.02. The average molecular weight is 143 g/mol. The summed E-state index contributed by atoms with van der Waals surface area (Å²) in [7, 11) is 1.97. The van der Waals surface area contributed by atoms with Gasteiger partial charge in [0.1, 0.15) is 0 Å². The summed E-state index contributed by atoms with van der Waals surface area (Å²) >= 11 is 0. The number of hydrogen-bond donors (Lipinski definition) is 2. The second-order valence-corrected chi connectivity index (χ2v) is 3.19. The molecule has 10 heavy (non-hydrogen) atoms. The van der Waals surface area contributed by atoms with E-state index in [9.17, 15) is 5.11 Å². The van der Waals surface area contributed by atoms with Gasteiger partial charge in [-0.3, -0.25) is 0 Å². The third-order valence-corrected chi connectivity index (χ3v) is 2.59. The van der Waals surface area contributed by atoms with Gasteiger partial charge in [-0.15, -0.1) is 0 Å². The highest BCUT2D eigenvalue weighted by Crippen LogP contribution is 2.27. The molecule has 3 atom stereocenters. The Hall–Kier alpha value is -0.0800. The molecular formula is C8H17NO. The van der Waals surface area contributed by atoms with Crippen LogP contribution in [-0.4, -0.2) is 24.3 Å². The molecule has 60 valence electrons. The zero-order valence-electron chi connectivity index (χ0n) is 6.80. The summed E-state index contributed by atoms with van der Waals surface area (Å²) < 4.78 is 0. The minimum Gasteiger partial charge on any atom is -0.393 e. The van der Waals surface area contributed by atoms with Crippen molar-refractivity contribution in [1.82, 2.24) is 5.32 Å². The van der Waals surface area contributed by atoms with Crippen LogP contribution in [0.2, 0.25) is 0 Å². The molecule has 1 rings (SSSR count). The molecule has 0 radical (unpaired) electrons. The first-order valence-corrected chi connectivity index (χ1v) is 4.13. The van der Waals surface area contributed by atoms with Crippen LogP contribution in [0.25, 0.3) is 0 Å². The molecule has 0 bridgehead atoms. The van der Waals surface area contributed by atoms with Crippen molar-refractivity contribution in [3.63, 3.8) is 0 Å².